The number of hydrogen-bond acceptors (Lipinski definition) is 1. The second-order valence-electron chi connectivity index (χ2n) is 9.73. The summed E-state index contributed by atoms with van der Waals surface area (Å²) in [6.45, 7) is 10.9. The molecule has 0 N–H and O–H groups in total. The molecular weight excluding hydrogens is 336 g/mol. The minimum absolute atomic E-state index is 0.930. The van der Waals surface area contributed by atoms with E-state index in [-0.39, 0.29) is 0 Å². The summed E-state index contributed by atoms with van der Waals surface area (Å²) < 4.78 is 7.49. The van der Waals surface area contributed by atoms with Crippen LogP contribution in [-0.2, 0) is 4.12 Å². The minimum Gasteiger partial charge on any atom is -0.449 e. The zero-order chi connectivity index (χ0) is 17.8. The largest absolute Gasteiger partial charge is 0.449 e. The van der Waals surface area contributed by atoms with Gasteiger partial charge in [-0.05, 0) is 29.7 Å². The highest BCUT2D eigenvalue weighted by molar-refractivity contribution is 6.90. The Bertz CT molecular complexity index is 370. The van der Waals surface area contributed by atoms with Crippen molar-refractivity contribution in [3.63, 3.8) is 0 Å². The van der Waals surface area contributed by atoms with E-state index in [4.69, 9.17) is 10.7 Å². The van der Waals surface area contributed by atoms with Crippen molar-refractivity contribution in [2.45, 2.75) is 126 Å². The van der Waals surface area contributed by atoms with E-state index in [1.807, 2.05) is 5.70 Å². The van der Waals surface area contributed by atoms with Crippen molar-refractivity contribution >= 4 is 16.6 Å². The molecule has 0 amide bonds. The van der Waals surface area contributed by atoms with Gasteiger partial charge in [0.25, 0.3) is 8.32 Å². The van der Waals surface area contributed by atoms with E-state index in [1.165, 1.54) is 96.3 Å². The summed E-state index contributed by atoms with van der Waals surface area (Å²) in [5, 5.41) is 0. The molecule has 0 atom stereocenters. The van der Waals surface area contributed by atoms with E-state index in [0.717, 1.165) is 16.6 Å². The molecule has 25 heavy (non-hydrogen) atoms. The lowest BCUT2D eigenvalue weighted by Crippen LogP contribution is -2.58. The predicted octanol–water partition coefficient (Wildman–Crippen LogP) is 7.68. The zero-order valence-corrected chi connectivity index (χ0v) is 18.9. The first kappa shape index (κ1) is 19.8. The van der Waals surface area contributed by atoms with Gasteiger partial charge in [0.05, 0.1) is 0 Å². The Balaban J connectivity index is 1.98. The Morgan fingerprint density at radius 2 is 0.960 bits per heavy atom. The maximum atomic E-state index is 7.49. The van der Waals surface area contributed by atoms with Crippen LogP contribution in [0.2, 0.25) is 29.7 Å². The third-order valence-corrected chi connectivity index (χ3v) is 17.5. The standard InChI is InChI=1S/C22H41OSi2/c1-4-24(2,3)23-25(20-14-8-5-9-15-20,21-16-10-6-11-17-21)22-18-12-7-13-19-22/h1,4,20-22H,5-19H2,2-3H3/q+1. The molecule has 0 aromatic heterocycles. The van der Waals surface area contributed by atoms with Gasteiger partial charge < -0.3 is 4.12 Å². The highest BCUT2D eigenvalue weighted by atomic mass is 28.4. The second-order valence-corrected chi connectivity index (χ2v) is 18.2. The quantitative estimate of drug-likeness (QED) is 0.340. The van der Waals surface area contributed by atoms with Crippen LogP contribution < -0.4 is 0 Å². The van der Waals surface area contributed by atoms with Crippen molar-refractivity contribution in [2.75, 3.05) is 0 Å². The molecule has 0 heterocycles. The van der Waals surface area contributed by atoms with Gasteiger partial charge >= 0.3 is 0 Å². The topological polar surface area (TPSA) is 9.23 Å². The highest BCUT2D eigenvalue weighted by Gasteiger charge is 2.56. The van der Waals surface area contributed by atoms with Crippen LogP contribution in [0.5, 0.6) is 0 Å². The molecule has 3 rings (SSSR count). The zero-order valence-electron chi connectivity index (χ0n) is 16.9. The average Bonchev–Trinajstić information content (AvgIpc) is 2.68. The van der Waals surface area contributed by atoms with E-state index in [2.05, 4.69) is 13.1 Å². The van der Waals surface area contributed by atoms with Crippen LogP contribution in [0.3, 0.4) is 0 Å². The fourth-order valence-corrected chi connectivity index (χ4v) is 18.2. The van der Waals surface area contributed by atoms with Gasteiger partial charge in [0.1, 0.15) is 0 Å². The van der Waals surface area contributed by atoms with Crippen molar-refractivity contribution in [3.8, 4) is 0 Å². The van der Waals surface area contributed by atoms with Crippen molar-refractivity contribution in [2.24, 2.45) is 0 Å². The van der Waals surface area contributed by atoms with E-state index in [0.29, 0.717) is 0 Å². The molecule has 0 radical (unpaired) electrons. The lowest BCUT2D eigenvalue weighted by Gasteiger charge is -2.54. The summed E-state index contributed by atoms with van der Waals surface area (Å²) in [7, 11) is -3.65. The van der Waals surface area contributed by atoms with E-state index in [1.54, 1.807) is 0 Å². The van der Waals surface area contributed by atoms with E-state index < -0.39 is 16.6 Å². The van der Waals surface area contributed by atoms with Crippen molar-refractivity contribution in [1.82, 2.24) is 0 Å². The van der Waals surface area contributed by atoms with E-state index >= 15 is 0 Å². The van der Waals surface area contributed by atoms with Crippen LogP contribution in [0, 0.1) is 6.58 Å². The Labute approximate surface area is 159 Å². The third kappa shape index (κ3) is 4.48. The summed E-state index contributed by atoms with van der Waals surface area (Å²) in [6, 6.07) is 0. The lowest BCUT2D eigenvalue weighted by atomic mass is 9.98. The smallest absolute Gasteiger partial charge is 0.260 e. The SMILES string of the molecule is [CH+]=C[Si](C)(C)O[Si](C1CCCCC1)(C1CCCCC1)C1CCCCC1. The van der Waals surface area contributed by atoms with Crippen molar-refractivity contribution in [1.29, 1.82) is 0 Å². The van der Waals surface area contributed by atoms with Gasteiger partial charge in [-0.15, -0.1) is 0 Å². The molecule has 3 aliphatic rings. The minimum atomic E-state index is -1.85. The molecule has 1 nitrogen and oxygen atoms in total. The molecule has 0 aromatic rings. The first-order valence-corrected chi connectivity index (χ1v) is 16.5. The van der Waals surface area contributed by atoms with Crippen LogP contribution >= 0.6 is 0 Å². The summed E-state index contributed by atoms with van der Waals surface area (Å²) in [5.74, 6) is 0. The maximum absolute atomic E-state index is 7.49. The molecule has 0 spiro atoms. The number of rotatable bonds is 6. The van der Waals surface area contributed by atoms with Crippen LogP contribution in [0.15, 0.2) is 5.70 Å². The molecule has 3 fully saturated rings. The Morgan fingerprint density at radius 1 is 0.640 bits per heavy atom. The van der Waals surface area contributed by atoms with E-state index in [9.17, 15) is 0 Å². The Morgan fingerprint density at radius 3 is 1.24 bits per heavy atom. The van der Waals surface area contributed by atoms with Gasteiger partial charge in [-0.25, -0.2) is 0 Å². The van der Waals surface area contributed by atoms with Crippen LogP contribution in [0.25, 0.3) is 0 Å². The summed E-state index contributed by atoms with van der Waals surface area (Å²) in [5.41, 5.74) is 4.78. The third-order valence-electron chi connectivity index (χ3n) is 7.57. The van der Waals surface area contributed by atoms with Crippen LogP contribution in [0.1, 0.15) is 96.3 Å². The predicted molar refractivity (Wildman–Crippen MR) is 114 cm³/mol. The molecule has 3 saturated carbocycles. The molecule has 0 bridgehead atoms. The molecular formula is C22H41OSi2+. The fraction of sp³-hybridized carbons (Fsp3) is 0.909. The Hall–Kier alpha value is 0.0438. The molecule has 0 unspecified atom stereocenters. The summed E-state index contributed by atoms with van der Waals surface area (Å²) in [4.78, 5) is 0. The molecule has 142 valence electrons. The second kappa shape index (κ2) is 8.82. The van der Waals surface area contributed by atoms with Gasteiger partial charge in [0, 0.05) is 0 Å². The molecule has 0 aliphatic heterocycles. The maximum Gasteiger partial charge on any atom is 0.260 e. The molecule has 3 aliphatic carbocycles. The lowest BCUT2D eigenvalue weighted by molar-refractivity contribution is 0.343. The number of hydrogen-bond donors (Lipinski definition) is 0. The summed E-state index contributed by atoms with van der Waals surface area (Å²) in [6.07, 6.45) is 21.9. The molecule has 3 heteroatoms. The van der Waals surface area contributed by atoms with Gasteiger partial charge in [0.2, 0.25) is 0 Å². The normalized spacial score (nSPS) is 25.8. The monoisotopic (exact) mass is 377 g/mol. The average molecular weight is 378 g/mol. The summed E-state index contributed by atoms with van der Waals surface area (Å²) >= 11 is 0. The fourth-order valence-electron chi connectivity index (χ4n) is 6.40. The molecule has 0 aromatic carbocycles. The van der Waals surface area contributed by atoms with Crippen LogP contribution in [-0.4, -0.2) is 16.6 Å². The molecule has 0 saturated heterocycles. The first-order chi connectivity index (χ1) is 12.1. The van der Waals surface area contributed by atoms with Crippen molar-refractivity contribution in [3.05, 3.63) is 12.3 Å². The van der Waals surface area contributed by atoms with Gasteiger partial charge in [0.15, 0.2) is 20.6 Å². The van der Waals surface area contributed by atoms with Gasteiger partial charge in [-0.3, -0.25) is 0 Å². The van der Waals surface area contributed by atoms with Gasteiger partial charge in [-0.1, -0.05) is 96.3 Å². The van der Waals surface area contributed by atoms with Crippen molar-refractivity contribution < 1.29 is 4.12 Å². The Kier molecular flexibility index (Phi) is 6.99. The highest BCUT2D eigenvalue weighted by Crippen LogP contribution is 2.58. The van der Waals surface area contributed by atoms with Crippen LogP contribution in [0.4, 0.5) is 0 Å². The van der Waals surface area contributed by atoms with Gasteiger partial charge in [-0.2, -0.15) is 0 Å². The first-order valence-electron chi connectivity index (χ1n) is 11.3.